The van der Waals surface area contributed by atoms with Gasteiger partial charge in [-0.15, -0.1) is 0 Å². The Morgan fingerprint density at radius 3 is 2.47 bits per heavy atom. The van der Waals surface area contributed by atoms with Crippen LogP contribution in [0.2, 0.25) is 0 Å². The lowest BCUT2D eigenvalue weighted by Gasteiger charge is -2.43. The van der Waals surface area contributed by atoms with Crippen molar-refractivity contribution < 1.29 is 19.2 Å². The molecule has 3 N–H and O–H groups in total. The summed E-state index contributed by atoms with van der Waals surface area (Å²) < 4.78 is 0. The number of nitrogens with zero attached hydrogens (tertiary/aromatic N) is 2. The minimum atomic E-state index is -0.942. The van der Waals surface area contributed by atoms with Crippen LogP contribution in [0.25, 0.3) is 0 Å². The Morgan fingerprint density at radius 1 is 1.03 bits per heavy atom. The number of carbonyl (C=O) groups is 4. The van der Waals surface area contributed by atoms with Crippen molar-refractivity contribution in [1.29, 1.82) is 0 Å². The summed E-state index contributed by atoms with van der Waals surface area (Å²) in [6, 6.07) is 5.04. The van der Waals surface area contributed by atoms with Gasteiger partial charge in [0.1, 0.15) is 6.04 Å². The summed E-state index contributed by atoms with van der Waals surface area (Å²) in [4.78, 5) is 52.9. The molecule has 1 aromatic carbocycles. The Hall–Kier alpha value is -2.58. The highest BCUT2D eigenvalue weighted by atomic mass is 16.2. The van der Waals surface area contributed by atoms with E-state index >= 15 is 0 Å². The van der Waals surface area contributed by atoms with Crippen LogP contribution in [0.15, 0.2) is 18.2 Å². The van der Waals surface area contributed by atoms with Gasteiger partial charge in [-0.3, -0.25) is 34.3 Å². The fourth-order valence-electron chi connectivity index (χ4n) is 4.88. The zero-order valence-corrected chi connectivity index (χ0v) is 17.4. The van der Waals surface area contributed by atoms with E-state index in [0.717, 1.165) is 23.3 Å². The Labute approximate surface area is 175 Å². The van der Waals surface area contributed by atoms with Crippen LogP contribution in [0.4, 0.5) is 0 Å². The van der Waals surface area contributed by atoms with Crippen molar-refractivity contribution in [3.05, 3.63) is 34.9 Å². The van der Waals surface area contributed by atoms with Gasteiger partial charge in [0.2, 0.25) is 11.8 Å². The van der Waals surface area contributed by atoms with Gasteiger partial charge in [-0.05, 0) is 49.8 Å². The molecule has 0 bridgehead atoms. The molecule has 0 aliphatic carbocycles. The Balaban J connectivity index is 1.57. The summed E-state index contributed by atoms with van der Waals surface area (Å²) in [7, 11) is 0. The van der Waals surface area contributed by atoms with Crippen molar-refractivity contribution in [2.24, 2.45) is 11.7 Å². The fourth-order valence-corrected chi connectivity index (χ4v) is 4.88. The molecule has 4 rings (SSSR count). The average Bonchev–Trinajstić information content (AvgIpc) is 2.96. The molecule has 3 aliphatic heterocycles. The number of nitrogens with one attached hydrogen (secondary N) is 1. The monoisotopic (exact) mass is 412 g/mol. The summed E-state index contributed by atoms with van der Waals surface area (Å²) in [5.74, 6) is -1.36. The summed E-state index contributed by atoms with van der Waals surface area (Å²) in [5, 5.41) is 2.22. The van der Waals surface area contributed by atoms with Crippen molar-refractivity contribution in [2.45, 2.75) is 64.2 Å². The number of amides is 4. The number of benzene rings is 1. The van der Waals surface area contributed by atoms with E-state index in [1.165, 1.54) is 0 Å². The first-order valence-electron chi connectivity index (χ1n) is 10.6. The van der Waals surface area contributed by atoms with E-state index in [4.69, 9.17) is 5.73 Å². The number of piperidine rings is 2. The van der Waals surface area contributed by atoms with E-state index in [-0.39, 0.29) is 18.7 Å². The zero-order valence-electron chi connectivity index (χ0n) is 17.4. The van der Waals surface area contributed by atoms with Gasteiger partial charge in [-0.25, -0.2) is 0 Å². The summed E-state index contributed by atoms with van der Waals surface area (Å²) >= 11 is 0. The van der Waals surface area contributed by atoms with Crippen LogP contribution in [-0.2, 0) is 16.1 Å². The molecule has 2 fully saturated rings. The van der Waals surface area contributed by atoms with Crippen LogP contribution < -0.4 is 11.1 Å². The number of likely N-dealkylation sites (tertiary alicyclic amines) is 1. The molecule has 3 aliphatic rings. The SMILES string of the molecule is CC1CCC(CN)N(Cc2ccc3c(c2)C(=O)N(C2CCC(=O)NC2=O)C3=O)C1C. The van der Waals surface area contributed by atoms with Gasteiger partial charge in [-0.1, -0.05) is 13.0 Å². The normalized spacial score (nSPS) is 29.9. The van der Waals surface area contributed by atoms with Crippen LogP contribution in [-0.4, -0.2) is 58.1 Å². The molecule has 0 saturated carbocycles. The van der Waals surface area contributed by atoms with Crippen molar-refractivity contribution in [3.8, 4) is 0 Å². The van der Waals surface area contributed by atoms with Gasteiger partial charge in [0.25, 0.3) is 11.8 Å². The first kappa shape index (κ1) is 20.7. The van der Waals surface area contributed by atoms with Crippen molar-refractivity contribution in [3.63, 3.8) is 0 Å². The molecule has 8 heteroatoms. The first-order valence-corrected chi connectivity index (χ1v) is 10.6. The predicted octanol–water partition coefficient (Wildman–Crippen LogP) is 1.04. The molecule has 30 heavy (non-hydrogen) atoms. The second kappa shape index (κ2) is 7.92. The van der Waals surface area contributed by atoms with Crippen LogP contribution in [0.3, 0.4) is 0 Å². The van der Waals surface area contributed by atoms with E-state index in [9.17, 15) is 19.2 Å². The Bertz CT molecular complexity index is 912. The molecule has 1 aromatic rings. The molecule has 0 spiro atoms. The molecule has 4 amide bonds. The quantitative estimate of drug-likeness (QED) is 0.715. The van der Waals surface area contributed by atoms with Gasteiger partial charge in [-0.2, -0.15) is 0 Å². The van der Waals surface area contributed by atoms with E-state index in [1.54, 1.807) is 12.1 Å². The van der Waals surface area contributed by atoms with E-state index in [1.807, 2.05) is 6.07 Å². The first-order chi connectivity index (χ1) is 14.3. The van der Waals surface area contributed by atoms with Crippen molar-refractivity contribution >= 4 is 23.6 Å². The maximum atomic E-state index is 13.0. The Morgan fingerprint density at radius 2 is 1.77 bits per heavy atom. The van der Waals surface area contributed by atoms with Gasteiger partial charge >= 0.3 is 0 Å². The summed E-state index contributed by atoms with van der Waals surface area (Å²) in [5.41, 5.74) is 7.58. The molecule has 0 radical (unpaired) electrons. The third-order valence-electron chi connectivity index (χ3n) is 6.91. The largest absolute Gasteiger partial charge is 0.329 e. The van der Waals surface area contributed by atoms with Crippen LogP contribution in [0.1, 0.15) is 65.8 Å². The van der Waals surface area contributed by atoms with Gasteiger partial charge in [0.05, 0.1) is 11.1 Å². The fraction of sp³-hybridized carbons (Fsp3) is 0.545. The van der Waals surface area contributed by atoms with E-state index in [0.29, 0.717) is 42.2 Å². The number of fused-ring (bicyclic) bond motifs is 1. The van der Waals surface area contributed by atoms with Crippen molar-refractivity contribution in [1.82, 2.24) is 15.1 Å². The maximum absolute atomic E-state index is 13.0. The number of hydrogen-bond donors (Lipinski definition) is 2. The van der Waals surface area contributed by atoms with Gasteiger partial charge in [0, 0.05) is 31.6 Å². The molecule has 160 valence electrons. The smallest absolute Gasteiger partial charge is 0.262 e. The van der Waals surface area contributed by atoms with Gasteiger partial charge < -0.3 is 5.73 Å². The van der Waals surface area contributed by atoms with Crippen LogP contribution >= 0.6 is 0 Å². The van der Waals surface area contributed by atoms with Crippen LogP contribution in [0.5, 0.6) is 0 Å². The molecule has 3 heterocycles. The van der Waals surface area contributed by atoms with E-state index < -0.39 is 23.8 Å². The van der Waals surface area contributed by atoms with Crippen LogP contribution in [0, 0.1) is 5.92 Å². The second-order valence-corrected chi connectivity index (χ2v) is 8.68. The van der Waals surface area contributed by atoms with E-state index in [2.05, 4.69) is 24.1 Å². The lowest BCUT2D eigenvalue weighted by molar-refractivity contribution is -0.136. The summed E-state index contributed by atoms with van der Waals surface area (Å²) in [6.45, 7) is 5.69. The highest BCUT2D eigenvalue weighted by Gasteiger charge is 2.44. The average molecular weight is 412 g/mol. The minimum absolute atomic E-state index is 0.112. The third-order valence-corrected chi connectivity index (χ3v) is 6.91. The molecule has 0 aromatic heterocycles. The highest BCUT2D eigenvalue weighted by Crippen LogP contribution is 2.31. The Kier molecular flexibility index (Phi) is 5.46. The number of rotatable bonds is 4. The molecule has 4 unspecified atom stereocenters. The van der Waals surface area contributed by atoms with Crippen molar-refractivity contribution in [2.75, 3.05) is 6.54 Å². The number of hydrogen-bond acceptors (Lipinski definition) is 6. The highest BCUT2D eigenvalue weighted by molar-refractivity contribution is 6.23. The van der Waals surface area contributed by atoms with Gasteiger partial charge in [0.15, 0.2) is 0 Å². The third kappa shape index (κ3) is 3.44. The lowest BCUT2D eigenvalue weighted by atomic mass is 9.87. The summed E-state index contributed by atoms with van der Waals surface area (Å²) in [6.07, 6.45) is 2.47. The molecule has 2 saturated heterocycles. The topological polar surface area (TPSA) is 113 Å². The predicted molar refractivity (Wildman–Crippen MR) is 109 cm³/mol. The number of carbonyl (C=O) groups excluding carboxylic acids is 4. The molecule has 8 nitrogen and oxygen atoms in total. The minimum Gasteiger partial charge on any atom is -0.329 e. The number of nitrogens with two attached hydrogens (primary N) is 1. The molecular weight excluding hydrogens is 384 g/mol. The lowest BCUT2D eigenvalue weighted by Crippen LogP contribution is -2.54. The molecule has 4 atom stereocenters. The molecular formula is C22H28N4O4. The number of imide groups is 2. The second-order valence-electron chi connectivity index (χ2n) is 8.68. The standard InChI is InChI=1S/C22H28N4O4/c1-12-3-5-15(10-23)25(13(12)2)11-14-4-6-16-17(9-14)22(30)26(21(16)29)18-7-8-19(27)24-20(18)28/h4,6,9,12-13,15,18H,3,5,7-8,10-11,23H2,1-2H3,(H,24,27,28). The maximum Gasteiger partial charge on any atom is 0.262 e. The zero-order chi connectivity index (χ0) is 21.6.